The van der Waals surface area contributed by atoms with E-state index < -0.39 is 0 Å². The first-order valence-corrected chi connectivity index (χ1v) is 7.19. The Kier molecular flexibility index (Phi) is 5.15. The molecule has 20 heavy (non-hydrogen) atoms. The molecule has 2 rings (SSSR count). The summed E-state index contributed by atoms with van der Waals surface area (Å²) < 4.78 is 19.7. The van der Waals surface area contributed by atoms with Gasteiger partial charge in [0.2, 0.25) is 0 Å². The molecule has 0 amide bonds. The van der Waals surface area contributed by atoms with Crippen LogP contribution in [-0.4, -0.2) is 14.2 Å². The second-order valence-electron chi connectivity index (χ2n) is 4.52. The van der Waals surface area contributed by atoms with Crippen molar-refractivity contribution in [3.05, 3.63) is 63.9 Å². The molecule has 2 nitrogen and oxygen atoms in total. The number of hydrogen-bond acceptors (Lipinski definition) is 2. The van der Waals surface area contributed by atoms with E-state index in [9.17, 15) is 4.39 Å². The fourth-order valence-electron chi connectivity index (χ4n) is 2.24. The maximum Gasteiger partial charge on any atom is 0.123 e. The van der Waals surface area contributed by atoms with Crippen molar-refractivity contribution >= 4 is 15.9 Å². The van der Waals surface area contributed by atoms with Gasteiger partial charge in [0.25, 0.3) is 0 Å². The summed E-state index contributed by atoms with van der Waals surface area (Å²) in [5.41, 5.74) is 1.99. The minimum Gasteiger partial charge on any atom is -0.496 e. The average molecular weight is 338 g/mol. The third-order valence-electron chi connectivity index (χ3n) is 3.30. The molecule has 0 aliphatic carbocycles. The molecule has 1 N–H and O–H groups in total. The van der Waals surface area contributed by atoms with Crippen LogP contribution in [0.1, 0.15) is 17.2 Å². The van der Waals surface area contributed by atoms with Gasteiger partial charge in [-0.3, -0.25) is 0 Å². The second kappa shape index (κ2) is 6.86. The summed E-state index contributed by atoms with van der Waals surface area (Å²) in [5.74, 6) is 0.615. The Bertz CT molecular complexity index is 588. The Morgan fingerprint density at radius 1 is 1.25 bits per heavy atom. The van der Waals surface area contributed by atoms with E-state index in [1.807, 2.05) is 31.3 Å². The van der Waals surface area contributed by atoms with Crippen molar-refractivity contribution in [1.82, 2.24) is 5.32 Å². The van der Waals surface area contributed by atoms with E-state index in [0.29, 0.717) is 0 Å². The van der Waals surface area contributed by atoms with E-state index in [1.54, 1.807) is 19.2 Å². The van der Waals surface area contributed by atoms with Gasteiger partial charge in [-0.15, -0.1) is 0 Å². The van der Waals surface area contributed by atoms with Crippen LogP contribution >= 0.6 is 15.9 Å². The van der Waals surface area contributed by atoms with Crippen LogP contribution in [-0.2, 0) is 6.42 Å². The van der Waals surface area contributed by atoms with E-state index in [1.165, 1.54) is 6.07 Å². The predicted octanol–water partition coefficient (Wildman–Crippen LogP) is 4.10. The molecule has 2 aromatic rings. The fraction of sp³-hybridized carbons (Fsp3) is 0.250. The summed E-state index contributed by atoms with van der Waals surface area (Å²) >= 11 is 3.48. The van der Waals surface area contributed by atoms with Gasteiger partial charge in [0.15, 0.2) is 0 Å². The average Bonchev–Trinajstić information content (AvgIpc) is 2.48. The third kappa shape index (κ3) is 3.38. The number of para-hydroxylation sites is 1. The Morgan fingerprint density at radius 3 is 2.70 bits per heavy atom. The van der Waals surface area contributed by atoms with E-state index in [-0.39, 0.29) is 11.9 Å². The molecule has 0 bridgehead atoms. The highest BCUT2D eigenvalue weighted by Crippen LogP contribution is 2.29. The van der Waals surface area contributed by atoms with Gasteiger partial charge in [-0.05, 0) is 48.9 Å². The molecule has 0 heterocycles. The van der Waals surface area contributed by atoms with Crippen molar-refractivity contribution in [2.24, 2.45) is 0 Å². The Balaban J connectivity index is 2.31. The Morgan fingerprint density at radius 2 is 2.00 bits per heavy atom. The van der Waals surface area contributed by atoms with Crippen molar-refractivity contribution in [2.75, 3.05) is 14.2 Å². The normalized spacial score (nSPS) is 12.2. The highest BCUT2D eigenvalue weighted by atomic mass is 79.9. The van der Waals surface area contributed by atoms with Crippen LogP contribution in [0.2, 0.25) is 0 Å². The molecule has 2 aromatic carbocycles. The number of halogens is 2. The van der Waals surface area contributed by atoms with Crippen LogP contribution in [0.4, 0.5) is 4.39 Å². The molecule has 0 fully saturated rings. The lowest BCUT2D eigenvalue weighted by atomic mass is 9.98. The SMILES string of the molecule is CNC(Cc1ccccc1OC)c1cc(F)ccc1Br. The number of ether oxygens (including phenoxy) is 1. The highest BCUT2D eigenvalue weighted by molar-refractivity contribution is 9.10. The molecule has 0 saturated carbocycles. The number of rotatable bonds is 5. The molecule has 0 spiro atoms. The summed E-state index contributed by atoms with van der Waals surface area (Å²) in [6, 6.07) is 12.6. The number of hydrogen-bond donors (Lipinski definition) is 1. The van der Waals surface area contributed by atoms with Crippen LogP contribution in [0.3, 0.4) is 0 Å². The van der Waals surface area contributed by atoms with Gasteiger partial charge in [0.1, 0.15) is 11.6 Å². The van der Waals surface area contributed by atoms with E-state index >= 15 is 0 Å². The zero-order valence-corrected chi connectivity index (χ0v) is 13.1. The van der Waals surface area contributed by atoms with E-state index in [2.05, 4.69) is 21.2 Å². The van der Waals surface area contributed by atoms with Crippen molar-refractivity contribution < 1.29 is 9.13 Å². The Labute approximate surface area is 127 Å². The van der Waals surface area contributed by atoms with Crippen molar-refractivity contribution in [2.45, 2.75) is 12.5 Å². The van der Waals surface area contributed by atoms with Crippen LogP contribution in [0.25, 0.3) is 0 Å². The number of methoxy groups -OCH3 is 1. The lowest BCUT2D eigenvalue weighted by Crippen LogP contribution is -2.19. The van der Waals surface area contributed by atoms with Gasteiger partial charge in [0.05, 0.1) is 7.11 Å². The molecule has 1 atom stereocenters. The van der Waals surface area contributed by atoms with E-state index in [0.717, 1.165) is 27.8 Å². The Hall–Kier alpha value is -1.39. The second-order valence-corrected chi connectivity index (χ2v) is 5.38. The third-order valence-corrected chi connectivity index (χ3v) is 4.02. The van der Waals surface area contributed by atoms with Crippen LogP contribution in [0.5, 0.6) is 5.75 Å². The van der Waals surface area contributed by atoms with Gasteiger partial charge >= 0.3 is 0 Å². The lowest BCUT2D eigenvalue weighted by molar-refractivity contribution is 0.406. The van der Waals surface area contributed by atoms with Crippen LogP contribution in [0.15, 0.2) is 46.9 Å². The van der Waals surface area contributed by atoms with Crippen molar-refractivity contribution in [3.63, 3.8) is 0 Å². The molecule has 0 aromatic heterocycles. The van der Waals surface area contributed by atoms with Gasteiger partial charge in [-0.2, -0.15) is 0 Å². The number of likely N-dealkylation sites (N-methyl/N-ethyl adjacent to an activating group) is 1. The quantitative estimate of drug-likeness (QED) is 0.886. The lowest BCUT2D eigenvalue weighted by Gasteiger charge is -2.19. The summed E-state index contributed by atoms with van der Waals surface area (Å²) in [7, 11) is 3.53. The smallest absolute Gasteiger partial charge is 0.123 e. The van der Waals surface area contributed by atoms with E-state index in [4.69, 9.17) is 4.74 Å². The van der Waals surface area contributed by atoms with Gasteiger partial charge in [-0.1, -0.05) is 34.1 Å². The summed E-state index contributed by atoms with van der Waals surface area (Å²) in [6.07, 6.45) is 0.725. The molecular weight excluding hydrogens is 321 g/mol. The molecular formula is C16H17BrFNO. The standard InChI is InChI=1S/C16H17BrFNO/c1-19-15(13-10-12(18)7-8-14(13)17)9-11-5-3-4-6-16(11)20-2/h3-8,10,15,19H,9H2,1-2H3. The minimum absolute atomic E-state index is 0.0105. The fourth-order valence-corrected chi connectivity index (χ4v) is 2.76. The van der Waals surface area contributed by atoms with Crippen molar-refractivity contribution in [3.8, 4) is 5.75 Å². The molecule has 0 aliphatic rings. The summed E-state index contributed by atoms with van der Waals surface area (Å²) in [5, 5.41) is 3.23. The first-order chi connectivity index (χ1) is 9.65. The zero-order chi connectivity index (χ0) is 14.5. The van der Waals surface area contributed by atoms with Gasteiger partial charge in [0, 0.05) is 10.5 Å². The maximum atomic E-state index is 13.5. The molecule has 0 aliphatic heterocycles. The number of nitrogens with one attached hydrogen (secondary N) is 1. The maximum absolute atomic E-state index is 13.5. The zero-order valence-electron chi connectivity index (χ0n) is 11.5. The largest absolute Gasteiger partial charge is 0.496 e. The van der Waals surface area contributed by atoms with Crippen LogP contribution < -0.4 is 10.1 Å². The van der Waals surface area contributed by atoms with Crippen LogP contribution in [0, 0.1) is 5.82 Å². The highest BCUT2D eigenvalue weighted by Gasteiger charge is 2.16. The summed E-state index contributed by atoms with van der Waals surface area (Å²) in [4.78, 5) is 0. The first-order valence-electron chi connectivity index (χ1n) is 6.39. The topological polar surface area (TPSA) is 21.3 Å². The monoisotopic (exact) mass is 337 g/mol. The van der Waals surface area contributed by atoms with Gasteiger partial charge < -0.3 is 10.1 Å². The first kappa shape index (κ1) is 15.0. The van der Waals surface area contributed by atoms with Crippen molar-refractivity contribution in [1.29, 1.82) is 0 Å². The predicted molar refractivity (Wildman–Crippen MR) is 82.6 cm³/mol. The molecule has 106 valence electrons. The molecule has 1 unspecified atom stereocenters. The van der Waals surface area contributed by atoms with Gasteiger partial charge in [-0.25, -0.2) is 4.39 Å². The summed E-state index contributed by atoms with van der Waals surface area (Å²) in [6.45, 7) is 0. The molecule has 0 radical (unpaired) electrons. The minimum atomic E-state index is -0.233. The molecule has 4 heteroatoms. The number of benzene rings is 2. The molecule has 0 saturated heterocycles.